The standard InChI is InChI=1S/C15H24N2O3/c1-12(15(18)16-9-11-20-3)17-14-7-5-4-6-13(14)8-10-19-2/h4-7,12,17H,8-11H2,1-3H3,(H,16,18). The van der Waals surface area contributed by atoms with Gasteiger partial charge in [0.05, 0.1) is 13.2 Å². The molecule has 5 nitrogen and oxygen atoms in total. The van der Waals surface area contributed by atoms with Crippen molar-refractivity contribution >= 4 is 11.6 Å². The highest BCUT2D eigenvalue weighted by atomic mass is 16.5. The largest absolute Gasteiger partial charge is 0.384 e. The van der Waals surface area contributed by atoms with Crippen LogP contribution in [0.25, 0.3) is 0 Å². The first-order chi connectivity index (χ1) is 9.69. The Balaban J connectivity index is 2.56. The van der Waals surface area contributed by atoms with Crippen LogP contribution in [0.1, 0.15) is 12.5 Å². The average molecular weight is 280 g/mol. The second-order valence-electron chi connectivity index (χ2n) is 4.55. The second kappa shape index (κ2) is 9.34. The molecule has 5 heteroatoms. The van der Waals surface area contributed by atoms with Crippen LogP contribution in [0.15, 0.2) is 24.3 Å². The minimum Gasteiger partial charge on any atom is -0.384 e. The van der Waals surface area contributed by atoms with Crippen molar-refractivity contribution in [2.75, 3.05) is 39.3 Å². The van der Waals surface area contributed by atoms with E-state index in [9.17, 15) is 4.79 Å². The van der Waals surface area contributed by atoms with Gasteiger partial charge in [-0.05, 0) is 25.0 Å². The van der Waals surface area contributed by atoms with Crippen LogP contribution in [-0.4, -0.2) is 45.9 Å². The Hall–Kier alpha value is -1.59. The van der Waals surface area contributed by atoms with Gasteiger partial charge in [-0.15, -0.1) is 0 Å². The van der Waals surface area contributed by atoms with E-state index < -0.39 is 0 Å². The number of hydrogen-bond donors (Lipinski definition) is 2. The van der Waals surface area contributed by atoms with Gasteiger partial charge < -0.3 is 20.1 Å². The van der Waals surface area contributed by atoms with Crippen molar-refractivity contribution in [3.05, 3.63) is 29.8 Å². The van der Waals surface area contributed by atoms with Crippen molar-refractivity contribution in [2.45, 2.75) is 19.4 Å². The summed E-state index contributed by atoms with van der Waals surface area (Å²) in [7, 11) is 3.29. The molecule has 0 heterocycles. The molecule has 1 aromatic rings. The molecular weight excluding hydrogens is 256 g/mol. The monoisotopic (exact) mass is 280 g/mol. The summed E-state index contributed by atoms with van der Waals surface area (Å²) < 4.78 is 10.0. The summed E-state index contributed by atoms with van der Waals surface area (Å²) in [5, 5.41) is 6.05. The number of rotatable bonds is 9. The molecule has 1 unspecified atom stereocenters. The van der Waals surface area contributed by atoms with Gasteiger partial charge in [0.15, 0.2) is 0 Å². The van der Waals surface area contributed by atoms with Gasteiger partial charge in [0.1, 0.15) is 6.04 Å². The number of benzene rings is 1. The summed E-state index contributed by atoms with van der Waals surface area (Å²) in [5.41, 5.74) is 2.12. The van der Waals surface area contributed by atoms with Crippen molar-refractivity contribution < 1.29 is 14.3 Å². The van der Waals surface area contributed by atoms with E-state index in [-0.39, 0.29) is 11.9 Å². The summed E-state index contributed by atoms with van der Waals surface area (Å²) in [4.78, 5) is 11.9. The normalized spacial score (nSPS) is 11.9. The Kier molecular flexibility index (Phi) is 7.69. The number of anilines is 1. The molecular formula is C15H24N2O3. The lowest BCUT2D eigenvalue weighted by atomic mass is 10.1. The van der Waals surface area contributed by atoms with Crippen LogP contribution in [0.2, 0.25) is 0 Å². The smallest absolute Gasteiger partial charge is 0.242 e. The minimum absolute atomic E-state index is 0.0383. The number of nitrogens with one attached hydrogen (secondary N) is 2. The number of carbonyl (C=O) groups is 1. The van der Waals surface area contributed by atoms with Crippen molar-refractivity contribution in [3.8, 4) is 0 Å². The van der Waals surface area contributed by atoms with Crippen molar-refractivity contribution in [1.82, 2.24) is 5.32 Å². The minimum atomic E-state index is -0.296. The first kappa shape index (κ1) is 16.5. The molecule has 0 aliphatic heterocycles. The van der Waals surface area contributed by atoms with E-state index in [1.54, 1.807) is 14.2 Å². The molecule has 1 aromatic carbocycles. The quantitative estimate of drug-likeness (QED) is 0.672. The van der Waals surface area contributed by atoms with Crippen molar-refractivity contribution in [1.29, 1.82) is 0 Å². The Labute approximate surface area is 120 Å². The lowest BCUT2D eigenvalue weighted by Crippen LogP contribution is -2.39. The average Bonchev–Trinajstić information content (AvgIpc) is 2.46. The topological polar surface area (TPSA) is 59.6 Å². The van der Waals surface area contributed by atoms with Crippen LogP contribution in [0.3, 0.4) is 0 Å². The van der Waals surface area contributed by atoms with Gasteiger partial charge in [-0.1, -0.05) is 18.2 Å². The maximum atomic E-state index is 11.9. The zero-order valence-corrected chi connectivity index (χ0v) is 12.4. The van der Waals surface area contributed by atoms with Crippen LogP contribution in [0.4, 0.5) is 5.69 Å². The van der Waals surface area contributed by atoms with Gasteiger partial charge in [0.25, 0.3) is 0 Å². The number of para-hydroxylation sites is 1. The molecule has 0 radical (unpaired) electrons. The Bertz CT molecular complexity index is 410. The molecule has 2 N–H and O–H groups in total. The fraction of sp³-hybridized carbons (Fsp3) is 0.533. The summed E-state index contributed by atoms with van der Waals surface area (Å²) in [6, 6.07) is 7.66. The number of carbonyl (C=O) groups excluding carboxylic acids is 1. The molecule has 0 aromatic heterocycles. The first-order valence-electron chi connectivity index (χ1n) is 6.79. The van der Waals surface area contributed by atoms with E-state index in [1.165, 1.54) is 0 Å². The summed E-state index contributed by atoms with van der Waals surface area (Å²) >= 11 is 0. The zero-order valence-electron chi connectivity index (χ0n) is 12.4. The molecule has 1 atom stereocenters. The fourth-order valence-electron chi connectivity index (χ4n) is 1.82. The lowest BCUT2D eigenvalue weighted by molar-refractivity contribution is -0.121. The molecule has 112 valence electrons. The van der Waals surface area contributed by atoms with Gasteiger partial charge in [-0.25, -0.2) is 0 Å². The third-order valence-electron chi connectivity index (χ3n) is 2.96. The molecule has 0 spiro atoms. The van der Waals surface area contributed by atoms with Gasteiger partial charge >= 0.3 is 0 Å². The van der Waals surface area contributed by atoms with E-state index in [0.717, 1.165) is 17.7 Å². The van der Waals surface area contributed by atoms with Crippen LogP contribution in [0, 0.1) is 0 Å². The number of amides is 1. The van der Waals surface area contributed by atoms with Crippen LogP contribution in [0.5, 0.6) is 0 Å². The number of ether oxygens (including phenoxy) is 2. The van der Waals surface area contributed by atoms with Crippen LogP contribution >= 0.6 is 0 Å². The molecule has 0 bridgehead atoms. The highest BCUT2D eigenvalue weighted by Crippen LogP contribution is 2.16. The van der Waals surface area contributed by atoms with Crippen LogP contribution in [-0.2, 0) is 20.7 Å². The molecule has 1 rings (SSSR count). The third kappa shape index (κ3) is 5.59. The summed E-state index contributed by atoms with van der Waals surface area (Å²) in [6.45, 7) is 3.54. The molecule has 0 fully saturated rings. The van der Waals surface area contributed by atoms with E-state index in [2.05, 4.69) is 10.6 Å². The van der Waals surface area contributed by atoms with Gasteiger partial charge in [-0.3, -0.25) is 4.79 Å². The first-order valence-corrected chi connectivity index (χ1v) is 6.79. The highest BCUT2D eigenvalue weighted by molar-refractivity contribution is 5.84. The van der Waals surface area contributed by atoms with E-state index in [1.807, 2.05) is 31.2 Å². The SMILES string of the molecule is COCCNC(=O)C(C)Nc1ccccc1CCOC. The maximum Gasteiger partial charge on any atom is 0.242 e. The number of methoxy groups -OCH3 is 2. The molecule has 0 saturated heterocycles. The van der Waals surface area contributed by atoms with Gasteiger partial charge in [0.2, 0.25) is 5.91 Å². The zero-order chi connectivity index (χ0) is 14.8. The predicted octanol–water partition coefficient (Wildman–Crippen LogP) is 1.44. The fourth-order valence-corrected chi connectivity index (χ4v) is 1.82. The lowest BCUT2D eigenvalue weighted by Gasteiger charge is -2.17. The molecule has 0 aliphatic rings. The molecule has 0 saturated carbocycles. The number of hydrogen-bond acceptors (Lipinski definition) is 4. The predicted molar refractivity (Wildman–Crippen MR) is 80.0 cm³/mol. The molecule has 1 amide bonds. The second-order valence-corrected chi connectivity index (χ2v) is 4.55. The summed E-state index contributed by atoms with van der Waals surface area (Å²) in [6.07, 6.45) is 0.817. The highest BCUT2D eigenvalue weighted by Gasteiger charge is 2.13. The Morgan fingerprint density at radius 1 is 1.20 bits per heavy atom. The van der Waals surface area contributed by atoms with E-state index in [4.69, 9.17) is 9.47 Å². The van der Waals surface area contributed by atoms with Crippen molar-refractivity contribution in [2.24, 2.45) is 0 Å². The Morgan fingerprint density at radius 2 is 1.90 bits per heavy atom. The molecule has 20 heavy (non-hydrogen) atoms. The van der Waals surface area contributed by atoms with E-state index in [0.29, 0.717) is 19.8 Å². The maximum absolute atomic E-state index is 11.9. The Morgan fingerprint density at radius 3 is 2.60 bits per heavy atom. The summed E-state index contributed by atoms with van der Waals surface area (Å²) in [5.74, 6) is -0.0383. The van der Waals surface area contributed by atoms with Gasteiger partial charge in [0, 0.05) is 26.5 Å². The third-order valence-corrected chi connectivity index (χ3v) is 2.96. The van der Waals surface area contributed by atoms with Gasteiger partial charge in [-0.2, -0.15) is 0 Å². The molecule has 0 aliphatic carbocycles. The van der Waals surface area contributed by atoms with E-state index >= 15 is 0 Å². The van der Waals surface area contributed by atoms with Crippen molar-refractivity contribution in [3.63, 3.8) is 0 Å². The van der Waals surface area contributed by atoms with Crippen LogP contribution < -0.4 is 10.6 Å².